The van der Waals surface area contributed by atoms with E-state index in [2.05, 4.69) is 6.92 Å². The SMILES string of the molecule is O.O.O.O.[CH2]C. The van der Waals surface area contributed by atoms with Crippen molar-refractivity contribution in [1.82, 2.24) is 0 Å². The molecule has 0 aromatic carbocycles. The first kappa shape index (κ1) is 194. The molecule has 4 nitrogen and oxygen atoms in total. The van der Waals surface area contributed by atoms with Gasteiger partial charge in [-0.3, -0.25) is 0 Å². The first-order valence-corrected chi connectivity index (χ1v) is 0.707. The summed E-state index contributed by atoms with van der Waals surface area (Å²) in [5.74, 6) is 0. The van der Waals surface area contributed by atoms with Gasteiger partial charge in [-0.1, -0.05) is 13.8 Å². The number of rotatable bonds is 0. The van der Waals surface area contributed by atoms with E-state index in [1.165, 1.54) is 0 Å². The second kappa shape index (κ2) is 2790. The summed E-state index contributed by atoms with van der Waals surface area (Å²) in [5, 5.41) is 0. The van der Waals surface area contributed by atoms with Crippen molar-refractivity contribution in [2.45, 2.75) is 6.92 Å². The van der Waals surface area contributed by atoms with E-state index in [0.29, 0.717) is 0 Å². The largest absolute Gasteiger partial charge is 0.412 e. The van der Waals surface area contributed by atoms with Crippen LogP contribution in [0.4, 0.5) is 0 Å². The van der Waals surface area contributed by atoms with Gasteiger partial charge in [0, 0.05) is 0 Å². The molecule has 45 valence electrons. The molecule has 0 spiro atoms. The highest BCUT2D eigenvalue weighted by Gasteiger charge is 0.939. The molecule has 0 aromatic rings. The number of hydrogen-bond donors (Lipinski definition) is 0. The molecule has 0 aromatic heterocycles. The van der Waals surface area contributed by atoms with E-state index in [4.69, 9.17) is 0 Å². The summed E-state index contributed by atoms with van der Waals surface area (Å²) in [6, 6.07) is 0. The molecule has 0 fully saturated rings. The third-order valence-corrected chi connectivity index (χ3v) is 0. The average molecular weight is 101 g/mol. The third-order valence-electron chi connectivity index (χ3n) is 0. The summed E-state index contributed by atoms with van der Waals surface area (Å²) in [7, 11) is 0. The lowest BCUT2D eigenvalue weighted by atomic mass is 11.0. The fraction of sp³-hybridized carbons (Fsp3) is 0.500. The van der Waals surface area contributed by atoms with Crippen molar-refractivity contribution in [3.05, 3.63) is 6.92 Å². The molecule has 0 aliphatic carbocycles. The van der Waals surface area contributed by atoms with Gasteiger partial charge in [0.1, 0.15) is 0 Å². The molecule has 0 amide bonds. The van der Waals surface area contributed by atoms with Gasteiger partial charge in [0.15, 0.2) is 0 Å². The van der Waals surface area contributed by atoms with Crippen LogP contribution in [0.5, 0.6) is 0 Å². The van der Waals surface area contributed by atoms with Crippen LogP contribution in [0.25, 0.3) is 0 Å². The summed E-state index contributed by atoms with van der Waals surface area (Å²) in [6.07, 6.45) is 0. The molecule has 0 unspecified atom stereocenters. The molecule has 4 heteroatoms. The smallest absolute Gasteiger partial charge is 0.0564 e. The van der Waals surface area contributed by atoms with Gasteiger partial charge in [-0.05, 0) is 0 Å². The van der Waals surface area contributed by atoms with Crippen molar-refractivity contribution in [3.8, 4) is 0 Å². The standard InChI is InChI=1S/C2H5.4H2O/c1-2;;;;/h1H2,2H3;4*1H2. The minimum absolute atomic E-state index is 0. The lowest BCUT2D eigenvalue weighted by molar-refractivity contribution is 0.823. The Morgan fingerprint density at radius 3 is 0.667 bits per heavy atom. The van der Waals surface area contributed by atoms with Crippen molar-refractivity contribution in [3.63, 3.8) is 0 Å². The zero-order chi connectivity index (χ0) is 2.00. The molecule has 0 bridgehead atoms. The van der Waals surface area contributed by atoms with E-state index < -0.39 is 0 Å². The molecule has 0 atom stereocenters. The van der Waals surface area contributed by atoms with Crippen LogP contribution in [0, 0.1) is 6.92 Å². The summed E-state index contributed by atoms with van der Waals surface area (Å²) in [5.41, 5.74) is 0. The summed E-state index contributed by atoms with van der Waals surface area (Å²) >= 11 is 0. The molecule has 0 rings (SSSR count). The zero-order valence-corrected chi connectivity index (χ0v) is 3.71. The topological polar surface area (TPSA) is 126 Å². The summed E-state index contributed by atoms with van der Waals surface area (Å²) < 4.78 is 0. The minimum atomic E-state index is 0. The molecule has 0 heterocycles. The highest BCUT2D eigenvalue weighted by atomic mass is 16.0. The van der Waals surface area contributed by atoms with E-state index in [0.717, 1.165) is 0 Å². The Hall–Kier alpha value is -0.160. The van der Waals surface area contributed by atoms with Crippen molar-refractivity contribution in [1.29, 1.82) is 0 Å². The second-order valence-electron chi connectivity index (χ2n) is 0. The monoisotopic (exact) mass is 101 g/mol. The minimum Gasteiger partial charge on any atom is -0.412 e. The van der Waals surface area contributed by atoms with Crippen molar-refractivity contribution in [2.24, 2.45) is 0 Å². The molecule has 0 saturated carbocycles. The fourth-order valence-electron chi connectivity index (χ4n) is 0. The van der Waals surface area contributed by atoms with Gasteiger partial charge in [-0.2, -0.15) is 0 Å². The van der Waals surface area contributed by atoms with E-state index >= 15 is 0 Å². The summed E-state index contributed by atoms with van der Waals surface area (Å²) in [4.78, 5) is 0. The van der Waals surface area contributed by atoms with Gasteiger partial charge in [-0.25, -0.2) is 0 Å². The Morgan fingerprint density at radius 2 is 0.667 bits per heavy atom. The molecule has 1 radical (unpaired) electrons. The van der Waals surface area contributed by atoms with Crippen LogP contribution >= 0.6 is 0 Å². The van der Waals surface area contributed by atoms with Crippen molar-refractivity contribution in [2.75, 3.05) is 0 Å². The van der Waals surface area contributed by atoms with Crippen LogP contribution in [-0.4, -0.2) is 21.9 Å². The van der Waals surface area contributed by atoms with Crippen molar-refractivity contribution < 1.29 is 21.9 Å². The average Bonchev–Trinajstić information content (AvgIpc) is 1.00. The van der Waals surface area contributed by atoms with Gasteiger partial charge in [0.25, 0.3) is 0 Å². The molecular formula is C2H13O4. The van der Waals surface area contributed by atoms with Gasteiger partial charge >= 0.3 is 0 Å². The first-order chi connectivity index (χ1) is 1.00. The van der Waals surface area contributed by atoms with Gasteiger partial charge < -0.3 is 21.9 Å². The molecule has 8 N–H and O–H groups in total. The highest BCUT2D eigenvalue weighted by Crippen LogP contribution is 1.11. The fourth-order valence-corrected chi connectivity index (χ4v) is 0. The van der Waals surface area contributed by atoms with Crippen LogP contribution in [0.2, 0.25) is 0 Å². The molecule has 0 aliphatic rings. The van der Waals surface area contributed by atoms with Gasteiger partial charge in [0.2, 0.25) is 0 Å². The lowest BCUT2D eigenvalue weighted by Gasteiger charge is -1.06. The highest BCUT2D eigenvalue weighted by molar-refractivity contribution is 3.94. The predicted octanol–water partition coefficient (Wildman–Crippen LogP) is -2.46. The second-order valence-corrected chi connectivity index (χ2v) is 0. The number of hydrogen-bond acceptors (Lipinski definition) is 0. The normalized spacial score (nSPS) is 1.00. The lowest BCUT2D eigenvalue weighted by Crippen LogP contribution is -0.888. The maximum Gasteiger partial charge on any atom is -0.0564 e. The molecular weight excluding hydrogens is 88.0 g/mol. The quantitative estimate of drug-likeness (QED) is 0.321. The maximum atomic E-state index is 3.25. The molecule has 6 heavy (non-hydrogen) atoms. The molecule has 0 saturated heterocycles. The Morgan fingerprint density at radius 1 is 0.667 bits per heavy atom. The van der Waals surface area contributed by atoms with Gasteiger partial charge in [-0.15, -0.1) is 0 Å². The van der Waals surface area contributed by atoms with E-state index in [9.17, 15) is 0 Å². The molecule has 0 aliphatic heterocycles. The Bertz CT molecular complexity index is 5.51. The van der Waals surface area contributed by atoms with Crippen LogP contribution in [0.3, 0.4) is 0 Å². The summed E-state index contributed by atoms with van der Waals surface area (Å²) in [6.45, 7) is 5.00. The van der Waals surface area contributed by atoms with Crippen LogP contribution in [0.1, 0.15) is 6.92 Å². The predicted molar refractivity (Wildman–Crippen MR) is 25.5 cm³/mol. The Labute approximate surface area is 37.0 Å². The van der Waals surface area contributed by atoms with E-state index in [1.54, 1.807) is 6.92 Å². The zero-order valence-electron chi connectivity index (χ0n) is 3.71. The van der Waals surface area contributed by atoms with Crippen LogP contribution in [-0.2, 0) is 0 Å². The Kier molecular flexibility index (Phi) is 90100. The first-order valence-electron chi connectivity index (χ1n) is 0.707. The van der Waals surface area contributed by atoms with Gasteiger partial charge in [0.05, 0.1) is 0 Å². The van der Waals surface area contributed by atoms with E-state index in [-0.39, 0.29) is 21.9 Å². The Balaban J connectivity index is -0.000000000833. The van der Waals surface area contributed by atoms with Crippen LogP contribution in [0.15, 0.2) is 0 Å². The third kappa shape index (κ3) is 1210. The van der Waals surface area contributed by atoms with Crippen molar-refractivity contribution >= 4 is 0 Å². The van der Waals surface area contributed by atoms with E-state index in [1.807, 2.05) is 0 Å². The van der Waals surface area contributed by atoms with Crippen LogP contribution < -0.4 is 0 Å². The maximum absolute atomic E-state index is 3.25.